The molecule has 0 heterocycles. The number of halogens is 1. The molecule has 0 aliphatic heterocycles. The third kappa shape index (κ3) is 6.44. The summed E-state index contributed by atoms with van der Waals surface area (Å²) in [7, 11) is 3.65. The maximum Gasteiger partial charge on any atom is 0.345 e. The van der Waals surface area contributed by atoms with Gasteiger partial charge in [-0.1, -0.05) is 0 Å². The number of rotatable bonds is 6. The number of carbonyl (C=O) groups is 2. The molecule has 0 atom stereocenters. The predicted molar refractivity (Wildman–Crippen MR) is 72.0 cm³/mol. The van der Waals surface area contributed by atoms with E-state index < -0.39 is 11.9 Å². The highest BCUT2D eigenvalue weighted by molar-refractivity contribution is 9.11. The zero-order chi connectivity index (χ0) is 14.1. The molecule has 0 aliphatic carbocycles. The Morgan fingerprint density at radius 2 is 1.56 bits per heavy atom. The molecule has 0 aromatic carbocycles. The topological polar surface area (TPSA) is 55.8 Å². The molecule has 0 saturated carbocycles. The first-order valence-electron chi connectivity index (χ1n) is 5.52. The Labute approximate surface area is 116 Å². The van der Waals surface area contributed by atoms with Crippen molar-refractivity contribution in [2.45, 2.75) is 13.8 Å². The molecule has 0 radical (unpaired) electrons. The van der Waals surface area contributed by atoms with Crippen molar-refractivity contribution in [3.63, 3.8) is 0 Å². The third-order valence-corrected chi connectivity index (χ3v) is 2.09. The fourth-order valence-electron chi connectivity index (χ4n) is 1.04. The molecule has 0 aliphatic rings. The van der Waals surface area contributed by atoms with Gasteiger partial charge < -0.3 is 14.4 Å². The van der Waals surface area contributed by atoms with Gasteiger partial charge in [0.05, 0.1) is 13.2 Å². The number of allylic oxidation sites excluding steroid dienone is 2. The third-order valence-electron chi connectivity index (χ3n) is 1.65. The monoisotopic (exact) mass is 319 g/mol. The molecule has 0 bridgehead atoms. The van der Waals surface area contributed by atoms with Crippen LogP contribution in [0.1, 0.15) is 13.8 Å². The standard InChI is InChI=1S/C12H18BrNO4/c1-5-17-11(15)10(12(16)18-6-2)7-9(13)8-14(3)4/h7-8H,5-6H2,1-4H3. The minimum absolute atomic E-state index is 0.135. The number of nitrogens with zero attached hydrogens (tertiary/aromatic N) is 1. The molecular weight excluding hydrogens is 302 g/mol. The number of hydrogen-bond acceptors (Lipinski definition) is 5. The molecule has 0 aromatic heterocycles. The van der Waals surface area contributed by atoms with E-state index in [1.807, 2.05) is 14.1 Å². The molecule has 102 valence electrons. The average Bonchev–Trinajstić information content (AvgIpc) is 2.25. The maximum atomic E-state index is 11.6. The van der Waals surface area contributed by atoms with Crippen LogP contribution in [0.3, 0.4) is 0 Å². The zero-order valence-electron chi connectivity index (χ0n) is 11.0. The van der Waals surface area contributed by atoms with Crippen LogP contribution in [-0.4, -0.2) is 44.1 Å². The second-order valence-corrected chi connectivity index (χ2v) is 4.39. The number of carbonyl (C=O) groups excluding carboxylic acids is 2. The Kier molecular flexibility index (Phi) is 8.11. The molecule has 0 unspecified atom stereocenters. The van der Waals surface area contributed by atoms with Gasteiger partial charge in [0.2, 0.25) is 0 Å². The molecule has 0 amide bonds. The fraction of sp³-hybridized carbons (Fsp3) is 0.500. The zero-order valence-corrected chi connectivity index (χ0v) is 12.6. The summed E-state index contributed by atoms with van der Waals surface area (Å²) in [4.78, 5) is 25.0. The van der Waals surface area contributed by atoms with E-state index in [1.165, 1.54) is 6.08 Å². The van der Waals surface area contributed by atoms with E-state index >= 15 is 0 Å². The second-order valence-electron chi connectivity index (χ2n) is 3.48. The molecule has 18 heavy (non-hydrogen) atoms. The van der Waals surface area contributed by atoms with E-state index in [2.05, 4.69) is 15.9 Å². The van der Waals surface area contributed by atoms with Crippen molar-refractivity contribution in [2.24, 2.45) is 0 Å². The Balaban J connectivity index is 5.14. The largest absolute Gasteiger partial charge is 0.462 e. The first-order valence-corrected chi connectivity index (χ1v) is 6.31. The second kappa shape index (κ2) is 8.74. The van der Waals surface area contributed by atoms with Gasteiger partial charge in [-0.3, -0.25) is 0 Å². The lowest BCUT2D eigenvalue weighted by molar-refractivity contribution is -0.146. The minimum atomic E-state index is -0.694. The van der Waals surface area contributed by atoms with Crippen LogP contribution in [0.25, 0.3) is 0 Å². The first kappa shape index (κ1) is 16.7. The van der Waals surface area contributed by atoms with Crippen molar-refractivity contribution in [3.8, 4) is 0 Å². The number of esters is 2. The summed E-state index contributed by atoms with van der Waals surface area (Å²) in [6.07, 6.45) is 3.09. The summed E-state index contributed by atoms with van der Waals surface area (Å²) in [5, 5.41) is 0. The number of ether oxygens (including phenoxy) is 2. The van der Waals surface area contributed by atoms with Gasteiger partial charge in [-0.25, -0.2) is 9.59 Å². The lowest BCUT2D eigenvalue weighted by Gasteiger charge is -2.08. The summed E-state index contributed by atoms with van der Waals surface area (Å²) in [6, 6.07) is 0. The van der Waals surface area contributed by atoms with Gasteiger partial charge >= 0.3 is 11.9 Å². The Morgan fingerprint density at radius 3 is 1.89 bits per heavy atom. The van der Waals surface area contributed by atoms with Crippen LogP contribution >= 0.6 is 15.9 Å². The fourth-order valence-corrected chi connectivity index (χ4v) is 1.68. The van der Waals surface area contributed by atoms with Gasteiger partial charge in [-0.05, 0) is 35.9 Å². The predicted octanol–water partition coefficient (Wildman–Crippen LogP) is 1.84. The Hall–Kier alpha value is -1.30. The average molecular weight is 320 g/mol. The highest BCUT2D eigenvalue weighted by Gasteiger charge is 2.21. The van der Waals surface area contributed by atoms with E-state index in [1.54, 1.807) is 24.9 Å². The first-order chi connectivity index (χ1) is 8.42. The SMILES string of the molecule is CCOC(=O)C(=CC(Br)=CN(C)C)C(=O)OCC. The highest BCUT2D eigenvalue weighted by Crippen LogP contribution is 2.13. The van der Waals surface area contributed by atoms with E-state index in [4.69, 9.17) is 9.47 Å². The normalized spacial score (nSPS) is 10.6. The van der Waals surface area contributed by atoms with Crippen molar-refractivity contribution in [1.82, 2.24) is 4.90 Å². The highest BCUT2D eigenvalue weighted by atomic mass is 79.9. The minimum Gasteiger partial charge on any atom is -0.462 e. The van der Waals surface area contributed by atoms with Crippen LogP contribution < -0.4 is 0 Å². The summed E-state index contributed by atoms with van der Waals surface area (Å²) in [5.74, 6) is -1.39. The number of hydrogen-bond donors (Lipinski definition) is 0. The lowest BCUT2D eigenvalue weighted by Crippen LogP contribution is -2.18. The Bertz CT molecular complexity index is 341. The molecule has 0 aromatic rings. The van der Waals surface area contributed by atoms with Crippen LogP contribution in [0.15, 0.2) is 22.3 Å². The molecule has 6 heteroatoms. The molecule has 0 saturated heterocycles. The molecule has 0 rings (SSSR count). The summed E-state index contributed by atoms with van der Waals surface area (Å²) in [6.45, 7) is 3.74. The van der Waals surface area contributed by atoms with Crippen molar-refractivity contribution < 1.29 is 19.1 Å². The van der Waals surface area contributed by atoms with E-state index in [-0.39, 0.29) is 18.8 Å². The van der Waals surface area contributed by atoms with Gasteiger partial charge in [-0.15, -0.1) is 0 Å². The van der Waals surface area contributed by atoms with E-state index in [9.17, 15) is 9.59 Å². The summed E-state index contributed by atoms with van der Waals surface area (Å²) in [5.41, 5.74) is -0.135. The van der Waals surface area contributed by atoms with Crippen LogP contribution in [0.2, 0.25) is 0 Å². The molecule has 0 N–H and O–H groups in total. The lowest BCUT2D eigenvalue weighted by atomic mass is 10.2. The molecule has 5 nitrogen and oxygen atoms in total. The van der Waals surface area contributed by atoms with E-state index in [0.29, 0.717) is 4.48 Å². The van der Waals surface area contributed by atoms with Gasteiger partial charge in [0.25, 0.3) is 0 Å². The molecule has 0 spiro atoms. The van der Waals surface area contributed by atoms with Gasteiger partial charge in [0.15, 0.2) is 0 Å². The van der Waals surface area contributed by atoms with Crippen LogP contribution in [0.5, 0.6) is 0 Å². The van der Waals surface area contributed by atoms with Crippen molar-refractivity contribution >= 4 is 27.9 Å². The molecule has 0 fully saturated rings. The maximum absolute atomic E-state index is 11.6. The van der Waals surface area contributed by atoms with Crippen LogP contribution in [0.4, 0.5) is 0 Å². The van der Waals surface area contributed by atoms with Gasteiger partial charge in [-0.2, -0.15) is 0 Å². The van der Waals surface area contributed by atoms with Crippen molar-refractivity contribution in [2.75, 3.05) is 27.3 Å². The van der Waals surface area contributed by atoms with Crippen LogP contribution in [-0.2, 0) is 19.1 Å². The molecular formula is C12H18BrNO4. The quantitative estimate of drug-likeness (QED) is 0.246. The Morgan fingerprint density at radius 1 is 1.11 bits per heavy atom. The van der Waals surface area contributed by atoms with Crippen molar-refractivity contribution in [3.05, 3.63) is 22.3 Å². The summed E-state index contributed by atoms with van der Waals surface area (Å²) >= 11 is 3.25. The van der Waals surface area contributed by atoms with Gasteiger partial charge in [0, 0.05) is 24.8 Å². The van der Waals surface area contributed by atoms with E-state index in [0.717, 1.165) is 0 Å². The van der Waals surface area contributed by atoms with Gasteiger partial charge in [0.1, 0.15) is 5.57 Å². The summed E-state index contributed by atoms with van der Waals surface area (Å²) < 4.78 is 10.2. The van der Waals surface area contributed by atoms with Crippen LogP contribution in [0, 0.1) is 0 Å². The van der Waals surface area contributed by atoms with Crippen molar-refractivity contribution in [1.29, 1.82) is 0 Å². The smallest absolute Gasteiger partial charge is 0.345 e.